The molecule has 1 aromatic carbocycles. The average molecular weight is 512 g/mol. The summed E-state index contributed by atoms with van der Waals surface area (Å²) in [5.74, 6) is 0. The van der Waals surface area contributed by atoms with E-state index in [9.17, 15) is 10.1 Å². The molecule has 0 fully saturated rings. The summed E-state index contributed by atoms with van der Waals surface area (Å²) >= 11 is 2.19. The number of hydrogen-bond donors (Lipinski definition) is 4. The van der Waals surface area contributed by atoms with Gasteiger partial charge in [-0.1, -0.05) is 0 Å². The molecule has 0 atom stereocenters. The highest BCUT2D eigenvalue weighted by Gasteiger charge is 2.37. The van der Waals surface area contributed by atoms with Gasteiger partial charge in [0.15, 0.2) is 0 Å². The summed E-state index contributed by atoms with van der Waals surface area (Å²) in [6, 6.07) is 3.65. The van der Waals surface area contributed by atoms with Crippen LogP contribution in [0.15, 0.2) is 12.1 Å². The number of carbonyl (C=O) groups is 2. The third-order valence-electron chi connectivity index (χ3n) is 2.95. The van der Waals surface area contributed by atoms with Gasteiger partial charge in [0.05, 0.1) is 4.92 Å². The number of nitrogens with two attached hydrogens (primary N) is 2. The van der Waals surface area contributed by atoms with Gasteiger partial charge >= 0.3 is 12.2 Å². The van der Waals surface area contributed by atoms with Crippen molar-refractivity contribution in [2.45, 2.75) is 59.5 Å². The molecule has 2 amide bonds. The van der Waals surface area contributed by atoms with Gasteiger partial charge in [0.2, 0.25) is 0 Å². The van der Waals surface area contributed by atoms with Crippen LogP contribution in [0.25, 0.3) is 0 Å². The van der Waals surface area contributed by atoms with E-state index in [0.717, 1.165) is 9.13 Å². The largest absolute Gasteiger partial charge is 0.465 e. The van der Waals surface area contributed by atoms with E-state index < -0.39 is 12.2 Å². The lowest BCUT2D eigenvalue weighted by atomic mass is 9.94. The van der Waals surface area contributed by atoms with E-state index in [-0.39, 0.29) is 21.7 Å². The summed E-state index contributed by atoms with van der Waals surface area (Å²) in [7, 11) is 0. The number of halogens is 1. The quantitative estimate of drug-likeness (QED) is 0.262. The number of nitro groups is 1. The second-order valence-corrected chi connectivity index (χ2v) is 8.89. The maximum Gasteiger partial charge on any atom is 0.402 e. The first kappa shape index (κ1) is 27.9. The number of aryl methyl sites for hydroxylation is 1. The van der Waals surface area contributed by atoms with Gasteiger partial charge in [-0.2, -0.15) is 0 Å². The molecule has 0 bridgehead atoms. The van der Waals surface area contributed by atoms with E-state index in [1.54, 1.807) is 6.07 Å². The highest BCUT2D eigenvalue weighted by molar-refractivity contribution is 14.1. The monoisotopic (exact) mass is 512 g/mol. The minimum Gasteiger partial charge on any atom is -0.465 e. The number of amides is 2. The molecule has 1 rings (SSSR count). The fraction of sp³-hybridized carbons (Fsp3) is 0.529. The summed E-state index contributed by atoms with van der Waals surface area (Å²) in [6.45, 7) is 14.4. The molecular weight excluding hydrogens is 483 g/mol. The third-order valence-corrected chi connectivity index (χ3v) is 3.77. The molecule has 10 nitrogen and oxygen atoms in total. The van der Waals surface area contributed by atoms with Crippen molar-refractivity contribution in [3.05, 3.63) is 31.4 Å². The molecule has 0 aliphatic carbocycles. The Morgan fingerprint density at radius 3 is 1.61 bits per heavy atom. The number of benzene rings is 1. The van der Waals surface area contributed by atoms with Crippen LogP contribution in [-0.4, -0.2) is 38.4 Å². The van der Waals surface area contributed by atoms with Crippen LogP contribution in [0.4, 0.5) is 21.0 Å². The van der Waals surface area contributed by atoms with Gasteiger partial charge in [-0.3, -0.25) is 10.1 Å². The lowest BCUT2D eigenvalue weighted by molar-refractivity contribution is -0.384. The SMILES string of the molecule is Cc1cc(I)c(N(C(C)(C)C)C(C)(C)C)c([N+](=O)[O-])c1.NC(=O)O.NC(=O)O. The summed E-state index contributed by atoms with van der Waals surface area (Å²) in [5, 5.41) is 25.8. The lowest BCUT2D eigenvalue weighted by Gasteiger charge is -2.47. The first-order valence-corrected chi connectivity index (χ1v) is 9.11. The van der Waals surface area contributed by atoms with E-state index in [0.29, 0.717) is 5.69 Å². The molecule has 0 heterocycles. The summed E-state index contributed by atoms with van der Waals surface area (Å²) in [6.07, 6.45) is -2.67. The van der Waals surface area contributed by atoms with Crippen molar-refractivity contribution in [3.8, 4) is 0 Å². The van der Waals surface area contributed by atoms with E-state index >= 15 is 0 Å². The average Bonchev–Trinajstić information content (AvgIpc) is 2.36. The van der Waals surface area contributed by atoms with Crippen molar-refractivity contribution in [2.24, 2.45) is 11.5 Å². The van der Waals surface area contributed by atoms with Crippen molar-refractivity contribution < 1.29 is 24.7 Å². The number of nitrogens with zero attached hydrogens (tertiary/aromatic N) is 2. The van der Waals surface area contributed by atoms with Gasteiger partial charge in [0, 0.05) is 20.7 Å². The third kappa shape index (κ3) is 10.7. The normalized spacial score (nSPS) is 10.6. The second-order valence-electron chi connectivity index (χ2n) is 7.73. The highest BCUT2D eigenvalue weighted by atomic mass is 127. The standard InChI is InChI=1S/C15H23IN2O2.2CH3NO2/c1-10-8-11(16)13(12(9-10)18(19)20)17(14(2,3)4)15(5,6)7;2*2-1(3)4/h8-9H,1-7H3;2*2H2,(H,3,4). The molecule has 6 N–H and O–H groups in total. The zero-order valence-corrected chi connectivity index (χ0v) is 19.3. The van der Waals surface area contributed by atoms with Gasteiger partial charge < -0.3 is 26.6 Å². The van der Waals surface area contributed by atoms with Gasteiger partial charge in [-0.15, -0.1) is 0 Å². The molecule has 0 aliphatic heterocycles. The Hall–Kier alpha value is -2.31. The van der Waals surface area contributed by atoms with Crippen LogP contribution in [-0.2, 0) is 0 Å². The fourth-order valence-corrected chi connectivity index (χ4v) is 3.76. The predicted molar refractivity (Wildman–Crippen MR) is 117 cm³/mol. The van der Waals surface area contributed by atoms with Gasteiger partial charge in [0.25, 0.3) is 5.69 Å². The van der Waals surface area contributed by atoms with Crippen molar-refractivity contribution in [1.29, 1.82) is 0 Å². The molecule has 0 saturated heterocycles. The molecule has 28 heavy (non-hydrogen) atoms. The maximum absolute atomic E-state index is 11.5. The van der Waals surface area contributed by atoms with Crippen molar-refractivity contribution in [2.75, 3.05) is 4.90 Å². The summed E-state index contributed by atoms with van der Waals surface area (Å²) in [4.78, 5) is 30.9. The molecule has 0 aliphatic rings. The van der Waals surface area contributed by atoms with Gasteiger partial charge in [-0.25, -0.2) is 9.59 Å². The van der Waals surface area contributed by atoms with Crippen molar-refractivity contribution >= 4 is 46.2 Å². The molecule has 0 radical (unpaired) electrons. The zero-order valence-electron chi connectivity index (χ0n) is 17.1. The van der Waals surface area contributed by atoms with E-state index in [1.165, 1.54) is 0 Å². The molecular formula is C17H29IN4O6. The molecule has 1 aromatic rings. The van der Waals surface area contributed by atoms with Crippen LogP contribution >= 0.6 is 22.6 Å². The number of carboxylic acid groups (broad SMARTS) is 2. The van der Waals surface area contributed by atoms with Crippen LogP contribution in [0, 0.1) is 20.6 Å². The molecule has 11 heteroatoms. The topological polar surface area (TPSA) is 173 Å². The molecule has 0 aromatic heterocycles. The van der Waals surface area contributed by atoms with Crippen molar-refractivity contribution in [3.63, 3.8) is 0 Å². The minimum atomic E-state index is -1.33. The maximum atomic E-state index is 11.5. The van der Waals surface area contributed by atoms with Gasteiger partial charge in [0.1, 0.15) is 5.69 Å². The van der Waals surface area contributed by atoms with E-state index in [4.69, 9.17) is 19.8 Å². The number of rotatable bonds is 2. The number of primary amides is 2. The Balaban J connectivity index is 0. The van der Waals surface area contributed by atoms with Crippen LogP contribution in [0.3, 0.4) is 0 Å². The Morgan fingerprint density at radius 2 is 1.36 bits per heavy atom. The van der Waals surface area contributed by atoms with Crippen LogP contribution in [0.5, 0.6) is 0 Å². The Kier molecular flexibility index (Phi) is 10.8. The summed E-state index contributed by atoms with van der Waals surface area (Å²) < 4.78 is 0.916. The number of hydrogen-bond acceptors (Lipinski definition) is 5. The summed E-state index contributed by atoms with van der Waals surface area (Å²) in [5.41, 5.74) is 9.43. The fourth-order valence-electron chi connectivity index (χ4n) is 2.75. The van der Waals surface area contributed by atoms with Crippen LogP contribution in [0.1, 0.15) is 47.1 Å². The smallest absolute Gasteiger partial charge is 0.402 e. The Labute approximate surface area is 178 Å². The van der Waals surface area contributed by atoms with Gasteiger partial charge in [-0.05, 0) is 82.7 Å². The van der Waals surface area contributed by atoms with Crippen LogP contribution < -0.4 is 16.4 Å². The molecule has 0 unspecified atom stereocenters. The first-order chi connectivity index (χ1) is 12.3. The first-order valence-electron chi connectivity index (χ1n) is 8.04. The molecule has 0 saturated carbocycles. The van der Waals surface area contributed by atoms with E-state index in [1.807, 2.05) is 13.0 Å². The Morgan fingerprint density at radius 1 is 1.04 bits per heavy atom. The number of anilines is 1. The van der Waals surface area contributed by atoms with E-state index in [2.05, 4.69) is 80.5 Å². The lowest BCUT2D eigenvalue weighted by Crippen LogP contribution is -2.53. The Bertz CT molecular complexity index is 677. The second kappa shape index (κ2) is 10.9. The minimum absolute atomic E-state index is 0.180. The number of nitro benzene ring substituents is 1. The molecule has 0 spiro atoms. The van der Waals surface area contributed by atoms with Crippen molar-refractivity contribution in [1.82, 2.24) is 0 Å². The molecule has 160 valence electrons. The van der Waals surface area contributed by atoms with Crippen LogP contribution in [0.2, 0.25) is 0 Å². The highest BCUT2D eigenvalue weighted by Crippen LogP contribution is 2.41. The zero-order chi connectivity index (χ0) is 23.0. The predicted octanol–water partition coefficient (Wildman–Crippen LogP) is 4.16.